The first-order chi connectivity index (χ1) is 12.8. The molecule has 0 N–H and O–H groups in total. The number of benzene rings is 1. The van der Waals surface area contributed by atoms with E-state index in [4.69, 9.17) is 0 Å². The number of rotatable bonds is 7. The summed E-state index contributed by atoms with van der Waals surface area (Å²) in [6, 6.07) is 3.63. The first-order valence-electron chi connectivity index (χ1n) is 10.0. The lowest BCUT2D eigenvalue weighted by atomic mass is 9.92. The highest BCUT2D eigenvalue weighted by Gasteiger charge is 2.31. The second-order valence-electron chi connectivity index (χ2n) is 7.83. The molecular formula is C21H32N2O3S. The summed E-state index contributed by atoms with van der Waals surface area (Å²) in [5, 5.41) is 11.9. The molecule has 1 aliphatic carbocycles. The number of hydrogen-bond donors (Lipinski definition) is 0. The summed E-state index contributed by atoms with van der Waals surface area (Å²) in [6.07, 6.45) is 6.49. The number of amides is 1. The number of thioether (sulfide) groups is 1. The highest BCUT2D eigenvalue weighted by Crippen LogP contribution is 2.36. The minimum Gasteiger partial charge on any atom is -0.333 e. The van der Waals surface area contributed by atoms with E-state index in [1.165, 1.54) is 24.2 Å². The zero-order valence-electron chi connectivity index (χ0n) is 17.2. The van der Waals surface area contributed by atoms with Crippen molar-refractivity contribution in [1.82, 2.24) is 4.90 Å². The molecule has 6 heteroatoms. The van der Waals surface area contributed by atoms with Crippen LogP contribution in [-0.2, 0) is 0 Å². The van der Waals surface area contributed by atoms with Crippen LogP contribution >= 0.6 is 11.8 Å². The van der Waals surface area contributed by atoms with Crippen LogP contribution in [0.3, 0.4) is 0 Å². The number of hydrogen-bond acceptors (Lipinski definition) is 4. The van der Waals surface area contributed by atoms with Gasteiger partial charge in [0.2, 0.25) is 0 Å². The van der Waals surface area contributed by atoms with E-state index in [1.807, 2.05) is 31.7 Å². The van der Waals surface area contributed by atoms with E-state index in [0.717, 1.165) is 37.7 Å². The molecule has 0 aromatic heterocycles. The Bertz CT molecular complexity index is 684. The van der Waals surface area contributed by atoms with Gasteiger partial charge in [0, 0.05) is 29.0 Å². The van der Waals surface area contributed by atoms with Crippen LogP contribution in [0.2, 0.25) is 0 Å². The molecule has 1 amide bonds. The topological polar surface area (TPSA) is 63.5 Å². The van der Waals surface area contributed by atoms with Gasteiger partial charge in [0.25, 0.3) is 11.6 Å². The number of carbonyl (C=O) groups excluding carboxylic acids is 1. The van der Waals surface area contributed by atoms with Gasteiger partial charge in [-0.25, -0.2) is 0 Å². The third kappa shape index (κ3) is 5.24. The summed E-state index contributed by atoms with van der Waals surface area (Å²) in [4.78, 5) is 27.3. The lowest BCUT2D eigenvalue weighted by Crippen LogP contribution is -2.46. The molecule has 150 valence electrons. The summed E-state index contributed by atoms with van der Waals surface area (Å²) in [6.45, 7) is 10.1. The molecule has 1 unspecified atom stereocenters. The van der Waals surface area contributed by atoms with Crippen molar-refractivity contribution >= 4 is 23.4 Å². The number of carbonyl (C=O) groups is 1. The predicted octanol–water partition coefficient (Wildman–Crippen LogP) is 5.98. The average molecular weight is 393 g/mol. The van der Waals surface area contributed by atoms with Crippen LogP contribution in [0.5, 0.6) is 0 Å². The summed E-state index contributed by atoms with van der Waals surface area (Å²) >= 11 is 1.51. The Morgan fingerprint density at radius 1 is 1.26 bits per heavy atom. The molecule has 0 saturated heterocycles. The predicted molar refractivity (Wildman–Crippen MR) is 112 cm³/mol. The van der Waals surface area contributed by atoms with Crippen molar-refractivity contribution in [3.63, 3.8) is 0 Å². The Labute approximate surface area is 167 Å². The average Bonchev–Trinajstić information content (AvgIpc) is 2.62. The van der Waals surface area contributed by atoms with Crippen molar-refractivity contribution in [2.75, 3.05) is 0 Å². The number of nitro benzene ring substituents is 1. The lowest BCUT2D eigenvalue weighted by molar-refractivity contribution is -0.387. The maximum absolute atomic E-state index is 13.4. The van der Waals surface area contributed by atoms with Gasteiger partial charge in [0.15, 0.2) is 0 Å². The van der Waals surface area contributed by atoms with Gasteiger partial charge in [0.1, 0.15) is 0 Å². The number of aryl methyl sites for hydroxylation is 1. The van der Waals surface area contributed by atoms with Gasteiger partial charge < -0.3 is 4.90 Å². The van der Waals surface area contributed by atoms with Crippen molar-refractivity contribution in [2.24, 2.45) is 0 Å². The van der Waals surface area contributed by atoms with Crippen LogP contribution in [-0.4, -0.2) is 33.1 Å². The van der Waals surface area contributed by atoms with Crippen molar-refractivity contribution in [3.8, 4) is 0 Å². The zero-order valence-corrected chi connectivity index (χ0v) is 18.0. The van der Waals surface area contributed by atoms with Crippen LogP contribution < -0.4 is 0 Å². The van der Waals surface area contributed by atoms with Crippen molar-refractivity contribution in [3.05, 3.63) is 33.4 Å². The van der Waals surface area contributed by atoms with E-state index in [9.17, 15) is 14.9 Å². The van der Waals surface area contributed by atoms with Gasteiger partial charge in [-0.1, -0.05) is 33.1 Å². The molecule has 1 aromatic carbocycles. The van der Waals surface area contributed by atoms with E-state index < -0.39 is 0 Å². The van der Waals surface area contributed by atoms with E-state index in [1.54, 1.807) is 0 Å². The lowest BCUT2D eigenvalue weighted by Gasteiger charge is -2.37. The Morgan fingerprint density at radius 2 is 1.89 bits per heavy atom. The standard InChI is InChI=1S/C21H32N2O3S/c1-6-16(5)27-20-12-15(4)18(13-19(20)23(25)26)21(24)22(14(2)3)17-10-8-7-9-11-17/h12-14,16-17H,6-11H2,1-5H3. The Balaban J connectivity index is 2.41. The second-order valence-corrected chi connectivity index (χ2v) is 9.31. The molecule has 0 heterocycles. The Hall–Kier alpha value is -1.56. The van der Waals surface area contributed by atoms with Gasteiger partial charge in [-0.15, -0.1) is 11.8 Å². The normalized spacial score (nSPS) is 16.4. The maximum Gasteiger partial charge on any atom is 0.283 e. The highest BCUT2D eigenvalue weighted by molar-refractivity contribution is 8.00. The fraction of sp³-hybridized carbons (Fsp3) is 0.667. The fourth-order valence-electron chi connectivity index (χ4n) is 3.76. The summed E-state index contributed by atoms with van der Waals surface area (Å²) in [5.74, 6) is -0.0717. The SMILES string of the molecule is CCC(C)Sc1cc(C)c(C(=O)N(C(C)C)C2CCCCC2)cc1[N+](=O)[O-]. The summed E-state index contributed by atoms with van der Waals surface area (Å²) in [7, 11) is 0. The third-order valence-corrected chi connectivity index (χ3v) is 6.71. The second kappa shape index (κ2) is 9.58. The minimum atomic E-state index is -0.360. The van der Waals surface area contributed by atoms with Crippen molar-refractivity contribution < 1.29 is 9.72 Å². The molecule has 2 rings (SSSR count). The van der Waals surface area contributed by atoms with Gasteiger partial charge in [0.05, 0.1) is 9.82 Å². The number of nitrogens with zero attached hydrogens (tertiary/aromatic N) is 2. The fourth-order valence-corrected chi connectivity index (χ4v) is 4.86. The molecule has 0 spiro atoms. The van der Waals surface area contributed by atoms with Gasteiger partial charge in [-0.3, -0.25) is 14.9 Å². The smallest absolute Gasteiger partial charge is 0.283 e. The molecule has 0 bridgehead atoms. The molecule has 0 aliphatic heterocycles. The van der Waals surface area contributed by atoms with Crippen LogP contribution in [0.1, 0.15) is 82.1 Å². The molecule has 1 atom stereocenters. The van der Waals surface area contributed by atoms with E-state index in [-0.39, 0.29) is 28.6 Å². The highest BCUT2D eigenvalue weighted by atomic mass is 32.2. The van der Waals surface area contributed by atoms with Gasteiger partial charge >= 0.3 is 0 Å². The van der Waals surface area contributed by atoms with Crippen molar-refractivity contribution in [2.45, 2.75) is 95.4 Å². The van der Waals surface area contributed by atoms with Crippen LogP contribution in [0.15, 0.2) is 17.0 Å². The maximum atomic E-state index is 13.4. The molecule has 27 heavy (non-hydrogen) atoms. The molecule has 1 saturated carbocycles. The van der Waals surface area contributed by atoms with Crippen LogP contribution in [0, 0.1) is 17.0 Å². The molecule has 5 nitrogen and oxygen atoms in total. The summed E-state index contributed by atoms with van der Waals surface area (Å²) in [5.41, 5.74) is 1.33. The minimum absolute atomic E-state index is 0.0431. The third-order valence-electron chi connectivity index (χ3n) is 5.40. The first kappa shape index (κ1) is 21.7. The molecule has 0 radical (unpaired) electrons. The largest absolute Gasteiger partial charge is 0.333 e. The van der Waals surface area contributed by atoms with Crippen LogP contribution in [0.4, 0.5) is 5.69 Å². The number of nitro groups is 1. The summed E-state index contributed by atoms with van der Waals surface area (Å²) < 4.78 is 0. The Kier molecular flexibility index (Phi) is 7.71. The van der Waals surface area contributed by atoms with Gasteiger partial charge in [-0.05, 0) is 51.7 Å². The first-order valence-corrected chi connectivity index (χ1v) is 10.9. The van der Waals surface area contributed by atoms with Crippen LogP contribution in [0.25, 0.3) is 0 Å². The quantitative estimate of drug-likeness (QED) is 0.325. The monoisotopic (exact) mass is 392 g/mol. The van der Waals surface area contributed by atoms with E-state index in [0.29, 0.717) is 15.7 Å². The Morgan fingerprint density at radius 3 is 2.41 bits per heavy atom. The van der Waals surface area contributed by atoms with E-state index >= 15 is 0 Å². The molecular weight excluding hydrogens is 360 g/mol. The van der Waals surface area contributed by atoms with E-state index in [2.05, 4.69) is 13.8 Å². The van der Waals surface area contributed by atoms with Gasteiger partial charge in [-0.2, -0.15) is 0 Å². The molecule has 1 aliphatic rings. The van der Waals surface area contributed by atoms with Crippen molar-refractivity contribution in [1.29, 1.82) is 0 Å². The zero-order chi connectivity index (χ0) is 20.1. The molecule has 1 aromatic rings. The molecule has 1 fully saturated rings.